The molecule has 3 rings (SSSR count). The Morgan fingerprint density at radius 1 is 0.882 bits per heavy atom. The molecule has 1 atom stereocenters. The summed E-state index contributed by atoms with van der Waals surface area (Å²) in [6, 6.07) is 21.2. The van der Waals surface area contributed by atoms with E-state index in [4.69, 9.17) is 0 Å². The van der Waals surface area contributed by atoms with Gasteiger partial charge in [-0.2, -0.15) is 0 Å². The van der Waals surface area contributed by atoms with Crippen molar-refractivity contribution in [3.8, 4) is 0 Å². The lowest BCUT2D eigenvalue weighted by molar-refractivity contribution is -0.139. The Hall–Kier alpha value is -3.39. The molecular weight excluding hydrogens is 450 g/mol. The monoisotopic (exact) mass is 481 g/mol. The molecule has 2 amide bonds. The summed E-state index contributed by atoms with van der Waals surface area (Å²) < 4.78 is 26.7. The number of hydrogen-bond acceptors (Lipinski definition) is 4. The number of sulfonamides is 1. The zero-order chi connectivity index (χ0) is 24.9. The van der Waals surface area contributed by atoms with Gasteiger partial charge in [-0.25, -0.2) is 8.42 Å². The third kappa shape index (κ3) is 6.14. The molecule has 0 aliphatic heterocycles. The first kappa shape index (κ1) is 25.2. The van der Waals surface area contributed by atoms with E-state index in [1.165, 1.54) is 4.90 Å². The number of amides is 2. The molecule has 180 valence electrons. The fourth-order valence-electron chi connectivity index (χ4n) is 3.79. The first-order valence-corrected chi connectivity index (χ1v) is 13.0. The van der Waals surface area contributed by atoms with Gasteiger partial charge in [-0.05, 0) is 37.8 Å². The topological polar surface area (TPSA) is 86.8 Å². The van der Waals surface area contributed by atoms with Crippen LogP contribution in [0.2, 0.25) is 0 Å². The Kier molecular flexibility index (Phi) is 7.94. The van der Waals surface area contributed by atoms with E-state index in [0.29, 0.717) is 5.69 Å². The Morgan fingerprint density at radius 3 is 2.15 bits per heavy atom. The number of carbonyl (C=O) groups is 2. The van der Waals surface area contributed by atoms with Crippen LogP contribution in [0.25, 0.3) is 10.8 Å². The van der Waals surface area contributed by atoms with Gasteiger partial charge in [-0.1, -0.05) is 66.7 Å². The zero-order valence-corrected chi connectivity index (χ0v) is 20.7. The largest absolute Gasteiger partial charge is 0.352 e. The highest BCUT2D eigenvalue weighted by Crippen LogP contribution is 2.28. The van der Waals surface area contributed by atoms with Crippen LogP contribution in [0.3, 0.4) is 0 Å². The van der Waals surface area contributed by atoms with Gasteiger partial charge in [0.05, 0.1) is 11.9 Å². The maximum Gasteiger partial charge on any atom is 0.244 e. The van der Waals surface area contributed by atoms with Crippen LogP contribution in [0.15, 0.2) is 72.8 Å². The van der Waals surface area contributed by atoms with Gasteiger partial charge in [0.15, 0.2) is 0 Å². The van der Waals surface area contributed by atoms with E-state index in [9.17, 15) is 18.0 Å². The molecule has 0 bridgehead atoms. The first-order valence-electron chi connectivity index (χ1n) is 11.2. The molecule has 0 saturated heterocycles. The Morgan fingerprint density at radius 2 is 1.50 bits per heavy atom. The average molecular weight is 482 g/mol. The van der Waals surface area contributed by atoms with E-state index >= 15 is 0 Å². The van der Waals surface area contributed by atoms with Crippen LogP contribution in [0.4, 0.5) is 5.69 Å². The number of hydrogen-bond donors (Lipinski definition) is 1. The standard InChI is InChI=1S/C26H31N3O4S/c1-19(2)27-26(31)20(3)28(17-21-11-6-5-7-12-21)25(30)18-29(34(4,32)33)24-16-10-14-22-13-8-9-15-23(22)24/h5-16,19-20H,17-18H2,1-4H3,(H,27,31)/t20-/m1/s1. The molecule has 3 aromatic rings. The molecule has 0 saturated carbocycles. The van der Waals surface area contributed by atoms with Crippen molar-refractivity contribution in [1.29, 1.82) is 0 Å². The number of benzene rings is 3. The van der Waals surface area contributed by atoms with Gasteiger partial charge >= 0.3 is 0 Å². The number of fused-ring (bicyclic) bond motifs is 1. The smallest absolute Gasteiger partial charge is 0.244 e. The number of carbonyl (C=O) groups excluding carboxylic acids is 2. The molecule has 0 heterocycles. The minimum Gasteiger partial charge on any atom is -0.352 e. The lowest BCUT2D eigenvalue weighted by atomic mass is 10.1. The lowest BCUT2D eigenvalue weighted by Crippen LogP contribution is -2.52. The number of rotatable bonds is 9. The molecule has 0 radical (unpaired) electrons. The van der Waals surface area contributed by atoms with Crippen LogP contribution in [0, 0.1) is 0 Å². The highest BCUT2D eigenvalue weighted by Gasteiger charge is 2.30. The summed E-state index contributed by atoms with van der Waals surface area (Å²) in [5, 5.41) is 4.43. The third-order valence-electron chi connectivity index (χ3n) is 5.51. The van der Waals surface area contributed by atoms with E-state index in [1.807, 2.05) is 74.5 Å². The summed E-state index contributed by atoms with van der Waals surface area (Å²) in [5.41, 5.74) is 1.27. The molecule has 7 nitrogen and oxygen atoms in total. The maximum absolute atomic E-state index is 13.6. The molecular formula is C26H31N3O4S. The third-order valence-corrected chi connectivity index (χ3v) is 6.63. The summed E-state index contributed by atoms with van der Waals surface area (Å²) in [6.45, 7) is 5.11. The minimum atomic E-state index is -3.79. The van der Waals surface area contributed by atoms with E-state index in [1.54, 1.807) is 19.1 Å². The van der Waals surface area contributed by atoms with Crippen molar-refractivity contribution in [1.82, 2.24) is 10.2 Å². The molecule has 3 aromatic carbocycles. The van der Waals surface area contributed by atoms with Crippen molar-refractivity contribution >= 4 is 38.3 Å². The van der Waals surface area contributed by atoms with E-state index < -0.39 is 28.5 Å². The van der Waals surface area contributed by atoms with Gasteiger partial charge in [-0.15, -0.1) is 0 Å². The summed E-state index contributed by atoms with van der Waals surface area (Å²) in [6.07, 6.45) is 1.08. The Bertz CT molecular complexity index is 1250. The second-order valence-electron chi connectivity index (χ2n) is 8.61. The molecule has 0 aliphatic rings. The second kappa shape index (κ2) is 10.7. The van der Waals surface area contributed by atoms with Gasteiger partial charge in [-0.3, -0.25) is 13.9 Å². The van der Waals surface area contributed by atoms with Crippen LogP contribution >= 0.6 is 0 Å². The van der Waals surface area contributed by atoms with Gasteiger partial charge in [0.2, 0.25) is 21.8 Å². The fourth-order valence-corrected chi connectivity index (χ4v) is 4.65. The normalized spacial score (nSPS) is 12.4. The van der Waals surface area contributed by atoms with Crippen molar-refractivity contribution in [2.24, 2.45) is 0 Å². The van der Waals surface area contributed by atoms with Gasteiger partial charge in [0.1, 0.15) is 12.6 Å². The van der Waals surface area contributed by atoms with Crippen molar-refractivity contribution in [3.63, 3.8) is 0 Å². The van der Waals surface area contributed by atoms with Crippen molar-refractivity contribution in [2.45, 2.75) is 39.4 Å². The number of nitrogens with zero attached hydrogens (tertiary/aromatic N) is 2. The summed E-state index contributed by atoms with van der Waals surface area (Å²) in [4.78, 5) is 27.8. The van der Waals surface area contributed by atoms with Crippen molar-refractivity contribution in [3.05, 3.63) is 78.4 Å². The van der Waals surface area contributed by atoms with Crippen LogP contribution in [0.5, 0.6) is 0 Å². The summed E-state index contributed by atoms with van der Waals surface area (Å²) in [7, 11) is -3.79. The van der Waals surface area contributed by atoms with Crippen LogP contribution in [0.1, 0.15) is 26.3 Å². The van der Waals surface area contributed by atoms with Crippen LogP contribution in [-0.4, -0.2) is 50.0 Å². The molecule has 0 aromatic heterocycles. The molecule has 34 heavy (non-hydrogen) atoms. The maximum atomic E-state index is 13.6. The van der Waals surface area contributed by atoms with Gasteiger partial charge in [0.25, 0.3) is 0 Å². The van der Waals surface area contributed by atoms with Crippen molar-refractivity contribution in [2.75, 3.05) is 17.1 Å². The SMILES string of the molecule is CC(C)NC(=O)[C@@H](C)N(Cc1ccccc1)C(=O)CN(c1cccc2ccccc12)S(C)(=O)=O. The first-order chi connectivity index (χ1) is 16.1. The predicted molar refractivity (Wildman–Crippen MR) is 136 cm³/mol. The molecule has 0 spiro atoms. The summed E-state index contributed by atoms with van der Waals surface area (Å²) in [5.74, 6) is -0.760. The average Bonchev–Trinajstić information content (AvgIpc) is 2.79. The Labute approximate surface area is 201 Å². The van der Waals surface area contributed by atoms with Crippen LogP contribution < -0.4 is 9.62 Å². The number of nitrogens with one attached hydrogen (secondary N) is 1. The van der Waals surface area contributed by atoms with E-state index in [0.717, 1.165) is 26.9 Å². The quantitative estimate of drug-likeness (QED) is 0.506. The fraction of sp³-hybridized carbons (Fsp3) is 0.308. The Balaban J connectivity index is 1.98. The van der Waals surface area contributed by atoms with E-state index in [2.05, 4.69) is 5.32 Å². The summed E-state index contributed by atoms with van der Waals surface area (Å²) >= 11 is 0. The molecule has 0 fully saturated rings. The number of anilines is 1. The van der Waals surface area contributed by atoms with Crippen LogP contribution in [-0.2, 0) is 26.2 Å². The second-order valence-corrected chi connectivity index (χ2v) is 10.5. The van der Waals surface area contributed by atoms with Gasteiger partial charge < -0.3 is 10.2 Å². The van der Waals surface area contributed by atoms with Crippen molar-refractivity contribution < 1.29 is 18.0 Å². The molecule has 0 unspecified atom stereocenters. The highest BCUT2D eigenvalue weighted by atomic mass is 32.2. The molecule has 1 N–H and O–H groups in total. The lowest BCUT2D eigenvalue weighted by Gasteiger charge is -2.32. The molecule has 0 aliphatic carbocycles. The van der Waals surface area contributed by atoms with E-state index in [-0.39, 0.29) is 18.5 Å². The predicted octanol–water partition coefficient (Wildman–Crippen LogP) is 3.55. The minimum absolute atomic E-state index is 0.0909. The molecule has 8 heteroatoms. The highest BCUT2D eigenvalue weighted by molar-refractivity contribution is 7.92. The van der Waals surface area contributed by atoms with Gasteiger partial charge in [0, 0.05) is 18.0 Å². The zero-order valence-electron chi connectivity index (χ0n) is 19.9.